The van der Waals surface area contributed by atoms with Gasteiger partial charge in [0.2, 0.25) is 5.13 Å². The van der Waals surface area contributed by atoms with E-state index in [0.717, 1.165) is 34.6 Å². The molecule has 0 spiro atoms. The van der Waals surface area contributed by atoms with Gasteiger partial charge in [-0.3, -0.25) is 14.5 Å². The predicted octanol–water partition coefficient (Wildman–Crippen LogP) is 6.91. The van der Waals surface area contributed by atoms with Gasteiger partial charge in [0, 0.05) is 16.9 Å². The molecule has 1 fully saturated rings. The molecule has 0 unspecified atom stereocenters. The lowest BCUT2D eigenvalue weighted by Gasteiger charge is -2.22. The molecule has 11 heteroatoms. The van der Waals surface area contributed by atoms with E-state index in [0.29, 0.717) is 22.4 Å². The fourth-order valence-electron chi connectivity index (χ4n) is 4.30. The van der Waals surface area contributed by atoms with E-state index in [2.05, 4.69) is 17.1 Å². The number of anilines is 1. The lowest BCUT2D eigenvalue weighted by molar-refractivity contribution is -0.132. The zero-order chi connectivity index (χ0) is 28.9. The Morgan fingerprint density at radius 1 is 1.02 bits per heavy atom. The summed E-state index contributed by atoms with van der Waals surface area (Å²) in [6.45, 7) is 2.60. The molecule has 0 bridgehead atoms. The second kappa shape index (κ2) is 12.6. The molecule has 2 heterocycles. The summed E-state index contributed by atoms with van der Waals surface area (Å²) in [6, 6.07) is 17.0. The minimum atomic E-state index is -1.26. The first-order chi connectivity index (χ1) is 19.9. The van der Waals surface area contributed by atoms with E-state index in [1.165, 1.54) is 42.1 Å². The Morgan fingerprint density at radius 3 is 2.46 bits per heavy atom. The van der Waals surface area contributed by atoms with Crippen LogP contribution < -0.4 is 9.64 Å². The summed E-state index contributed by atoms with van der Waals surface area (Å²) in [4.78, 5) is 27.8. The van der Waals surface area contributed by atoms with Crippen LogP contribution in [0.25, 0.3) is 5.76 Å². The van der Waals surface area contributed by atoms with Crippen molar-refractivity contribution in [2.75, 3.05) is 11.5 Å². The van der Waals surface area contributed by atoms with Crippen molar-refractivity contribution >= 4 is 45.7 Å². The lowest BCUT2D eigenvalue weighted by Crippen LogP contribution is -2.29. The Hall–Kier alpha value is -4.09. The first kappa shape index (κ1) is 28.4. The topological polar surface area (TPSA) is 92.6 Å². The van der Waals surface area contributed by atoms with E-state index in [4.69, 9.17) is 4.74 Å². The van der Waals surface area contributed by atoms with Gasteiger partial charge in [-0.05, 0) is 54.4 Å². The molecule has 41 heavy (non-hydrogen) atoms. The van der Waals surface area contributed by atoms with E-state index in [-0.39, 0.29) is 27.6 Å². The molecule has 1 atom stereocenters. The van der Waals surface area contributed by atoms with Crippen molar-refractivity contribution in [2.24, 2.45) is 0 Å². The van der Waals surface area contributed by atoms with Crippen molar-refractivity contribution < 1.29 is 28.2 Å². The number of aliphatic hydroxyl groups is 1. The number of aromatic nitrogens is 2. The van der Waals surface area contributed by atoms with Gasteiger partial charge >= 0.3 is 5.91 Å². The molecule has 3 aromatic carbocycles. The Bertz CT molecular complexity index is 1590. The number of ketones is 1. The first-order valence-corrected chi connectivity index (χ1v) is 14.7. The molecule has 4 aromatic rings. The minimum Gasteiger partial charge on any atom is -0.507 e. The summed E-state index contributed by atoms with van der Waals surface area (Å²) in [7, 11) is 0. The standard InChI is InChI=1S/C30H25F2N3O4S2/c1-2-3-16-39-21-14-10-19(11-15-21)26(36)24-25(22-6-4-5-7-23(22)32)35(28(38)27(24)37)29-33-34-30(41-29)40-17-18-8-12-20(31)13-9-18/h4-15,25,36H,2-3,16-17H2,1H3/t25-/m1/s1. The molecule has 0 saturated carbocycles. The van der Waals surface area contributed by atoms with Crippen LogP contribution in [0, 0.1) is 11.6 Å². The summed E-state index contributed by atoms with van der Waals surface area (Å²) >= 11 is 2.39. The van der Waals surface area contributed by atoms with Gasteiger partial charge in [0.15, 0.2) is 4.34 Å². The number of hydrogen-bond acceptors (Lipinski definition) is 8. The number of carbonyl (C=O) groups is 2. The quantitative estimate of drug-likeness (QED) is 0.0533. The smallest absolute Gasteiger partial charge is 0.301 e. The number of hydrogen-bond donors (Lipinski definition) is 1. The van der Waals surface area contributed by atoms with Crippen LogP contribution in [-0.4, -0.2) is 33.6 Å². The number of nitrogens with zero attached hydrogens (tertiary/aromatic N) is 3. The highest BCUT2D eigenvalue weighted by Gasteiger charge is 2.49. The summed E-state index contributed by atoms with van der Waals surface area (Å²) in [5.41, 5.74) is 0.917. The highest BCUT2D eigenvalue weighted by Crippen LogP contribution is 2.44. The number of aliphatic hydroxyl groups excluding tert-OH is 1. The monoisotopic (exact) mass is 593 g/mol. The average molecular weight is 594 g/mol. The highest BCUT2D eigenvalue weighted by molar-refractivity contribution is 8.00. The number of carbonyl (C=O) groups excluding carboxylic acids is 2. The first-order valence-electron chi connectivity index (χ1n) is 12.9. The summed E-state index contributed by atoms with van der Waals surface area (Å²) < 4.78 is 34.5. The van der Waals surface area contributed by atoms with E-state index in [1.54, 1.807) is 42.5 Å². The Morgan fingerprint density at radius 2 is 1.76 bits per heavy atom. The third-order valence-electron chi connectivity index (χ3n) is 6.42. The number of unbranched alkanes of at least 4 members (excludes halogenated alkanes) is 1. The number of benzene rings is 3. The molecule has 5 rings (SSSR count). The number of Topliss-reactive ketones (excluding diaryl/α,β-unsaturated/α-hetero) is 1. The maximum Gasteiger partial charge on any atom is 0.301 e. The third kappa shape index (κ3) is 6.15. The molecule has 1 saturated heterocycles. The van der Waals surface area contributed by atoms with Gasteiger partial charge in [0.1, 0.15) is 29.2 Å². The van der Waals surface area contributed by atoms with Crippen LogP contribution in [0.2, 0.25) is 0 Å². The SMILES string of the molecule is CCCCOc1ccc(C(O)=C2C(=O)C(=O)N(c3nnc(SCc4ccc(F)cc4)s3)[C@@H]2c2ccccc2F)cc1. The van der Waals surface area contributed by atoms with Crippen LogP contribution in [0.5, 0.6) is 5.75 Å². The molecule has 210 valence electrons. The summed E-state index contributed by atoms with van der Waals surface area (Å²) in [5, 5.41) is 19.6. The predicted molar refractivity (Wildman–Crippen MR) is 154 cm³/mol. The van der Waals surface area contributed by atoms with Crippen molar-refractivity contribution in [2.45, 2.75) is 35.9 Å². The van der Waals surface area contributed by atoms with Crippen LogP contribution in [0.15, 0.2) is 82.7 Å². The van der Waals surface area contributed by atoms with Gasteiger partial charge in [0.05, 0.1) is 12.2 Å². The molecular weight excluding hydrogens is 568 g/mol. The van der Waals surface area contributed by atoms with Crippen molar-refractivity contribution in [1.29, 1.82) is 0 Å². The molecule has 0 radical (unpaired) electrons. The zero-order valence-corrected chi connectivity index (χ0v) is 23.6. The number of ether oxygens (including phenoxy) is 1. The van der Waals surface area contributed by atoms with Crippen LogP contribution in [-0.2, 0) is 15.3 Å². The number of halogens is 2. The zero-order valence-electron chi connectivity index (χ0n) is 21.9. The van der Waals surface area contributed by atoms with Gasteiger partial charge in [-0.2, -0.15) is 0 Å². The minimum absolute atomic E-state index is 0.0310. The van der Waals surface area contributed by atoms with Crippen molar-refractivity contribution in [1.82, 2.24) is 10.2 Å². The molecule has 1 aliphatic rings. The van der Waals surface area contributed by atoms with Crippen molar-refractivity contribution in [3.05, 3.63) is 107 Å². The van der Waals surface area contributed by atoms with E-state index >= 15 is 4.39 Å². The molecule has 7 nitrogen and oxygen atoms in total. The fraction of sp³-hybridized carbons (Fsp3) is 0.200. The van der Waals surface area contributed by atoms with Gasteiger partial charge in [0.25, 0.3) is 5.78 Å². The fourth-order valence-corrected chi connectivity index (χ4v) is 6.13. The highest BCUT2D eigenvalue weighted by atomic mass is 32.2. The van der Waals surface area contributed by atoms with E-state index in [1.807, 2.05) is 0 Å². The van der Waals surface area contributed by atoms with Gasteiger partial charge in [-0.25, -0.2) is 8.78 Å². The maximum atomic E-state index is 15.1. The van der Waals surface area contributed by atoms with Gasteiger partial charge in [-0.1, -0.05) is 66.8 Å². The lowest BCUT2D eigenvalue weighted by atomic mass is 9.95. The van der Waals surface area contributed by atoms with Crippen LogP contribution in [0.1, 0.15) is 42.5 Å². The van der Waals surface area contributed by atoms with Crippen LogP contribution in [0.3, 0.4) is 0 Å². The summed E-state index contributed by atoms with van der Waals surface area (Å²) in [5.74, 6) is -2.26. The van der Waals surface area contributed by atoms with E-state index in [9.17, 15) is 19.1 Å². The molecule has 1 N–H and O–H groups in total. The van der Waals surface area contributed by atoms with Crippen molar-refractivity contribution in [3.8, 4) is 5.75 Å². The molecular formula is C30H25F2N3O4S2. The maximum absolute atomic E-state index is 15.1. The molecule has 0 aliphatic carbocycles. The van der Waals surface area contributed by atoms with Gasteiger partial charge in [-0.15, -0.1) is 10.2 Å². The van der Waals surface area contributed by atoms with Crippen LogP contribution >= 0.6 is 23.1 Å². The Balaban J connectivity index is 1.49. The summed E-state index contributed by atoms with van der Waals surface area (Å²) in [6.07, 6.45) is 1.88. The second-order valence-corrected chi connectivity index (χ2v) is 11.4. The molecule has 1 aromatic heterocycles. The third-order valence-corrected chi connectivity index (χ3v) is 8.54. The largest absolute Gasteiger partial charge is 0.507 e. The Labute approximate surface area is 243 Å². The molecule has 1 aliphatic heterocycles. The normalized spacial score (nSPS) is 16.4. The number of rotatable bonds is 10. The second-order valence-electron chi connectivity index (χ2n) is 9.18. The van der Waals surface area contributed by atoms with Gasteiger partial charge < -0.3 is 9.84 Å². The Kier molecular flexibility index (Phi) is 8.75. The van der Waals surface area contributed by atoms with E-state index < -0.39 is 29.3 Å². The van der Waals surface area contributed by atoms with Crippen molar-refractivity contribution in [3.63, 3.8) is 0 Å². The number of amides is 1. The molecule has 1 amide bonds. The van der Waals surface area contributed by atoms with Crippen LogP contribution in [0.4, 0.5) is 13.9 Å². The number of thioether (sulfide) groups is 1. The average Bonchev–Trinajstić information content (AvgIpc) is 3.55.